The van der Waals surface area contributed by atoms with E-state index in [-0.39, 0.29) is 12.3 Å². The van der Waals surface area contributed by atoms with Crippen LogP contribution in [0.3, 0.4) is 0 Å². The highest BCUT2D eigenvalue weighted by molar-refractivity contribution is 5.54. The maximum Gasteiger partial charge on any atom is 0.412 e. The zero-order chi connectivity index (χ0) is 24.0. The predicted molar refractivity (Wildman–Crippen MR) is 127 cm³/mol. The molecule has 1 aromatic heterocycles. The molecule has 0 radical (unpaired) electrons. The van der Waals surface area contributed by atoms with E-state index in [1.807, 2.05) is 17.9 Å². The number of ether oxygens (including phenoxy) is 1. The fourth-order valence-electron chi connectivity index (χ4n) is 4.72. The van der Waals surface area contributed by atoms with Crippen LogP contribution in [-0.4, -0.2) is 56.1 Å². The molecule has 8 heteroatoms. The molecule has 2 saturated heterocycles. The van der Waals surface area contributed by atoms with Gasteiger partial charge in [0, 0.05) is 55.9 Å². The van der Waals surface area contributed by atoms with E-state index in [4.69, 9.17) is 4.74 Å². The van der Waals surface area contributed by atoms with E-state index < -0.39 is 11.7 Å². The molecular formula is C25H35F3N4O. The van der Waals surface area contributed by atoms with E-state index in [2.05, 4.69) is 28.5 Å². The van der Waals surface area contributed by atoms with Gasteiger partial charge in [-0.1, -0.05) is 6.92 Å². The third kappa shape index (κ3) is 6.74. The number of nitrogens with zero attached hydrogens (tertiary/aromatic N) is 4. The number of hydrogen-bond acceptors (Lipinski definition) is 5. The molecule has 2 aliphatic rings. The van der Waals surface area contributed by atoms with Gasteiger partial charge in [-0.2, -0.15) is 13.2 Å². The molecule has 5 nitrogen and oxygen atoms in total. The number of aliphatic imine (C=N–C) groups is 1. The van der Waals surface area contributed by atoms with Crippen molar-refractivity contribution in [3.8, 4) is 5.88 Å². The standard InChI is InChI=1S/C25H35F3N4O/c1-18-7-10-32(17-18)22(16-29-3)13-21(25(26,27)28)6-5-20-8-11-31(12-9-20)23-14-24(33-4)30-15-19(23)2/h13-16,18,20H,3,5-12,17H2,1-2,4H3/b21-13+,22-16+. The summed E-state index contributed by atoms with van der Waals surface area (Å²) in [5, 5.41) is 0. The van der Waals surface area contributed by atoms with E-state index in [0.717, 1.165) is 56.7 Å². The summed E-state index contributed by atoms with van der Waals surface area (Å²) in [5.74, 6) is 1.31. The Balaban J connectivity index is 1.63. The van der Waals surface area contributed by atoms with E-state index in [1.54, 1.807) is 13.3 Å². The molecule has 2 aliphatic heterocycles. The van der Waals surface area contributed by atoms with Gasteiger partial charge in [-0.25, -0.2) is 4.98 Å². The van der Waals surface area contributed by atoms with Gasteiger partial charge in [0.25, 0.3) is 0 Å². The van der Waals surface area contributed by atoms with Crippen molar-refractivity contribution in [1.29, 1.82) is 0 Å². The van der Waals surface area contributed by atoms with E-state index >= 15 is 0 Å². The van der Waals surface area contributed by atoms with Crippen LogP contribution < -0.4 is 9.64 Å². The Bertz CT molecular complexity index is 873. The Labute approximate surface area is 195 Å². The fourth-order valence-corrected chi connectivity index (χ4v) is 4.72. The van der Waals surface area contributed by atoms with Crippen molar-refractivity contribution in [2.75, 3.05) is 38.2 Å². The number of rotatable bonds is 8. The summed E-state index contributed by atoms with van der Waals surface area (Å²) in [4.78, 5) is 12.3. The zero-order valence-corrected chi connectivity index (χ0v) is 19.9. The number of allylic oxidation sites excluding steroid dienone is 2. The molecule has 0 spiro atoms. The number of methoxy groups -OCH3 is 1. The molecule has 2 fully saturated rings. The Morgan fingerprint density at radius 3 is 2.58 bits per heavy atom. The van der Waals surface area contributed by atoms with Gasteiger partial charge in [0.1, 0.15) is 0 Å². The number of piperidine rings is 1. The lowest BCUT2D eigenvalue weighted by atomic mass is 9.89. The molecule has 33 heavy (non-hydrogen) atoms. The Morgan fingerprint density at radius 2 is 2.00 bits per heavy atom. The minimum absolute atomic E-state index is 0.0220. The lowest BCUT2D eigenvalue weighted by molar-refractivity contribution is -0.0946. The number of pyridine rings is 1. The van der Waals surface area contributed by atoms with E-state index in [0.29, 0.717) is 23.9 Å². The lowest BCUT2D eigenvalue weighted by Crippen LogP contribution is -2.34. The number of likely N-dealkylation sites (tertiary alicyclic amines) is 1. The number of aryl methyl sites for hydroxylation is 1. The average Bonchev–Trinajstić information content (AvgIpc) is 3.22. The minimum atomic E-state index is -4.35. The summed E-state index contributed by atoms with van der Waals surface area (Å²) in [7, 11) is 1.59. The molecule has 3 heterocycles. The molecule has 182 valence electrons. The Hall–Kier alpha value is -2.51. The van der Waals surface area contributed by atoms with E-state index in [9.17, 15) is 13.2 Å². The lowest BCUT2D eigenvalue weighted by Gasteiger charge is -2.34. The smallest absolute Gasteiger partial charge is 0.412 e. The van der Waals surface area contributed by atoms with Crippen LogP contribution >= 0.6 is 0 Å². The maximum atomic E-state index is 13.9. The van der Waals surface area contributed by atoms with Crippen LogP contribution in [-0.2, 0) is 0 Å². The van der Waals surface area contributed by atoms with Gasteiger partial charge in [0.2, 0.25) is 5.88 Å². The van der Waals surface area contributed by atoms with Crippen LogP contribution in [0.25, 0.3) is 0 Å². The van der Waals surface area contributed by atoms with Crippen LogP contribution in [0.1, 0.15) is 44.6 Å². The number of alkyl halides is 3. The number of hydrogen-bond donors (Lipinski definition) is 0. The largest absolute Gasteiger partial charge is 0.481 e. The van der Waals surface area contributed by atoms with Gasteiger partial charge in [0.15, 0.2) is 0 Å². The molecule has 0 N–H and O–H groups in total. The van der Waals surface area contributed by atoms with Crippen molar-refractivity contribution >= 4 is 12.4 Å². The molecule has 1 unspecified atom stereocenters. The fraction of sp³-hybridized carbons (Fsp3) is 0.600. The van der Waals surface area contributed by atoms with Crippen molar-refractivity contribution < 1.29 is 17.9 Å². The van der Waals surface area contributed by atoms with Crippen LogP contribution in [0.4, 0.5) is 18.9 Å². The summed E-state index contributed by atoms with van der Waals surface area (Å²) < 4.78 is 46.8. The van der Waals surface area contributed by atoms with E-state index in [1.165, 1.54) is 12.3 Å². The summed E-state index contributed by atoms with van der Waals surface area (Å²) >= 11 is 0. The SMILES string of the molecule is C=N/C=C(\C=C(/CCC1CCN(c2cc(OC)ncc2C)CC1)C(F)(F)F)N1CCC(C)C1. The average molecular weight is 465 g/mol. The topological polar surface area (TPSA) is 41.0 Å². The van der Waals surface area contributed by atoms with Crippen molar-refractivity contribution in [3.63, 3.8) is 0 Å². The summed E-state index contributed by atoms with van der Waals surface area (Å²) in [5.41, 5.74) is 2.19. The molecule has 0 aromatic carbocycles. The van der Waals surface area contributed by atoms with Crippen molar-refractivity contribution in [2.24, 2.45) is 16.8 Å². The maximum absolute atomic E-state index is 13.9. The normalized spacial score (nSPS) is 21.0. The quantitative estimate of drug-likeness (QED) is 0.362. The van der Waals surface area contributed by atoms with Crippen molar-refractivity contribution in [1.82, 2.24) is 9.88 Å². The second-order valence-corrected chi connectivity index (χ2v) is 9.23. The summed E-state index contributed by atoms with van der Waals surface area (Å²) in [6, 6.07) is 1.93. The molecule has 1 aromatic rings. The Morgan fingerprint density at radius 1 is 1.27 bits per heavy atom. The van der Waals surface area contributed by atoms with Gasteiger partial charge in [-0.05, 0) is 69.2 Å². The van der Waals surface area contributed by atoms with Crippen LogP contribution in [0.2, 0.25) is 0 Å². The first-order valence-electron chi connectivity index (χ1n) is 11.7. The monoisotopic (exact) mass is 464 g/mol. The first kappa shape index (κ1) is 25.1. The molecule has 1 atom stereocenters. The highest BCUT2D eigenvalue weighted by Gasteiger charge is 2.35. The molecule has 0 amide bonds. The number of anilines is 1. The molecule has 0 saturated carbocycles. The van der Waals surface area contributed by atoms with Gasteiger partial charge in [-0.3, -0.25) is 4.99 Å². The van der Waals surface area contributed by atoms with Crippen LogP contribution in [0.15, 0.2) is 40.8 Å². The van der Waals surface area contributed by atoms with Gasteiger partial charge in [-0.15, -0.1) is 0 Å². The van der Waals surface area contributed by atoms with Crippen molar-refractivity contribution in [2.45, 2.75) is 52.1 Å². The Kier molecular flexibility index (Phi) is 8.43. The highest BCUT2D eigenvalue weighted by Crippen LogP contribution is 2.35. The molecule has 0 bridgehead atoms. The first-order chi connectivity index (χ1) is 15.7. The third-order valence-electron chi connectivity index (χ3n) is 6.73. The van der Waals surface area contributed by atoms with Gasteiger partial charge in [0.05, 0.1) is 12.8 Å². The molecule has 3 rings (SSSR count). The van der Waals surface area contributed by atoms with Gasteiger partial charge < -0.3 is 14.5 Å². The second kappa shape index (κ2) is 11.1. The summed E-state index contributed by atoms with van der Waals surface area (Å²) in [6.45, 7) is 10.7. The highest BCUT2D eigenvalue weighted by atomic mass is 19.4. The second-order valence-electron chi connectivity index (χ2n) is 9.23. The predicted octanol–water partition coefficient (Wildman–Crippen LogP) is 5.77. The zero-order valence-electron chi connectivity index (χ0n) is 19.9. The van der Waals surface area contributed by atoms with Crippen molar-refractivity contribution in [3.05, 3.63) is 41.4 Å². The van der Waals surface area contributed by atoms with Gasteiger partial charge >= 0.3 is 6.18 Å². The van der Waals surface area contributed by atoms with Crippen LogP contribution in [0, 0.1) is 18.8 Å². The first-order valence-corrected chi connectivity index (χ1v) is 11.7. The van der Waals surface area contributed by atoms with Crippen LogP contribution in [0.5, 0.6) is 5.88 Å². The third-order valence-corrected chi connectivity index (χ3v) is 6.73. The minimum Gasteiger partial charge on any atom is -0.481 e. The molecule has 0 aliphatic carbocycles. The molecular weight excluding hydrogens is 429 g/mol. The number of aromatic nitrogens is 1. The summed E-state index contributed by atoms with van der Waals surface area (Å²) in [6.07, 6.45) is 3.46. The number of halogens is 3.